The van der Waals surface area contributed by atoms with Crippen LogP contribution in [0.4, 0.5) is 0 Å². The van der Waals surface area contributed by atoms with E-state index in [-0.39, 0.29) is 6.61 Å². The van der Waals surface area contributed by atoms with Gasteiger partial charge >= 0.3 is 0 Å². The van der Waals surface area contributed by atoms with Crippen molar-refractivity contribution in [3.63, 3.8) is 0 Å². The monoisotopic (exact) mass is 281 g/mol. The second kappa shape index (κ2) is 5.46. The molecule has 0 bridgehead atoms. The predicted molar refractivity (Wildman–Crippen MR) is 74.8 cm³/mol. The van der Waals surface area contributed by atoms with Crippen LogP contribution in [0.1, 0.15) is 0 Å². The van der Waals surface area contributed by atoms with Crippen LogP contribution in [0.3, 0.4) is 0 Å². The molecule has 7 nitrogen and oxygen atoms in total. The van der Waals surface area contributed by atoms with Gasteiger partial charge in [0.1, 0.15) is 23.7 Å². The molecule has 0 aliphatic rings. The number of methoxy groups -OCH3 is 1. The Morgan fingerprint density at radius 2 is 2.29 bits per heavy atom. The number of imidazole rings is 1. The summed E-state index contributed by atoms with van der Waals surface area (Å²) >= 11 is 0. The summed E-state index contributed by atoms with van der Waals surface area (Å²) in [5.74, 6) is 1.60. The van der Waals surface area contributed by atoms with Gasteiger partial charge in [-0.2, -0.15) is 5.26 Å². The van der Waals surface area contributed by atoms with Crippen LogP contribution in [0, 0.1) is 11.3 Å². The first-order chi connectivity index (χ1) is 10.3. The van der Waals surface area contributed by atoms with Crippen molar-refractivity contribution in [2.24, 2.45) is 0 Å². The van der Waals surface area contributed by atoms with E-state index in [0.29, 0.717) is 23.0 Å². The van der Waals surface area contributed by atoms with Gasteiger partial charge in [-0.05, 0) is 12.1 Å². The highest BCUT2D eigenvalue weighted by molar-refractivity contribution is 5.78. The molecule has 0 unspecified atom stereocenters. The average Bonchev–Trinajstić information content (AvgIpc) is 2.96. The van der Waals surface area contributed by atoms with E-state index in [9.17, 15) is 0 Å². The van der Waals surface area contributed by atoms with E-state index in [4.69, 9.17) is 14.7 Å². The smallest absolute Gasteiger partial charge is 0.181 e. The largest absolute Gasteiger partial charge is 0.492 e. The summed E-state index contributed by atoms with van der Waals surface area (Å²) in [7, 11) is 1.54. The van der Waals surface area contributed by atoms with Crippen molar-refractivity contribution in [2.45, 2.75) is 0 Å². The molecule has 0 saturated carbocycles. The van der Waals surface area contributed by atoms with Gasteiger partial charge in [-0.1, -0.05) is 6.07 Å². The first-order valence-corrected chi connectivity index (χ1v) is 6.16. The lowest BCUT2D eigenvalue weighted by molar-refractivity contribution is 0.330. The fourth-order valence-electron chi connectivity index (χ4n) is 2.03. The first-order valence-electron chi connectivity index (χ1n) is 6.16. The highest BCUT2D eigenvalue weighted by Crippen LogP contribution is 2.37. The molecule has 0 radical (unpaired) electrons. The third kappa shape index (κ3) is 2.34. The van der Waals surface area contributed by atoms with Gasteiger partial charge in [-0.25, -0.2) is 15.0 Å². The van der Waals surface area contributed by atoms with Gasteiger partial charge in [0.05, 0.1) is 18.9 Å². The molecule has 0 aliphatic heterocycles. The molecule has 0 fully saturated rings. The lowest BCUT2D eigenvalue weighted by Crippen LogP contribution is -1.98. The van der Waals surface area contributed by atoms with Crippen LogP contribution in [0.2, 0.25) is 0 Å². The lowest BCUT2D eigenvalue weighted by atomic mass is 10.1. The molecule has 1 N–H and O–H groups in total. The molecule has 1 aromatic carbocycles. The van der Waals surface area contributed by atoms with Crippen LogP contribution in [-0.2, 0) is 0 Å². The fourth-order valence-corrected chi connectivity index (χ4v) is 2.03. The molecular weight excluding hydrogens is 270 g/mol. The zero-order chi connectivity index (χ0) is 14.7. The number of rotatable bonds is 4. The lowest BCUT2D eigenvalue weighted by Gasteiger charge is -2.11. The Balaban J connectivity index is 2.10. The van der Waals surface area contributed by atoms with Crippen LogP contribution in [0.25, 0.3) is 22.6 Å². The van der Waals surface area contributed by atoms with E-state index in [1.54, 1.807) is 19.4 Å². The summed E-state index contributed by atoms with van der Waals surface area (Å²) in [6.07, 6.45) is 3.10. The van der Waals surface area contributed by atoms with Gasteiger partial charge in [0, 0.05) is 0 Å². The summed E-state index contributed by atoms with van der Waals surface area (Å²) in [6.45, 7) is -0.0502. The van der Waals surface area contributed by atoms with Gasteiger partial charge in [0.2, 0.25) is 0 Å². The number of fused-ring (bicyclic) bond motifs is 1. The Bertz CT molecular complexity index is 789. The maximum Gasteiger partial charge on any atom is 0.181 e. The molecule has 0 amide bonds. The SMILES string of the molecule is COc1c(OCC#N)cccc1-c1nc2ncncc2[nH]1. The van der Waals surface area contributed by atoms with E-state index < -0.39 is 0 Å². The van der Waals surface area contributed by atoms with Gasteiger partial charge in [-0.3, -0.25) is 0 Å². The number of nitrogens with one attached hydrogen (secondary N) is 1. The second-order valence-corrected chi connectivity index (χ2v) is 4.13. The zero-order valence-corrected chi connectivity index (χ0v) is 11.2. The topological polar surface area (TPSA) is 96.7 Å². The third-order valence-electron chi connectivity index (χ3n) is 2.89. The number of hydrogen-bond acceptors (Lipinski definition) is 6. The van der Waals surface area contributed by atoms with Crippen LogP contribution in [-0.4, -0.2) is 33.7 Å². The van der Waals surface area contributed by atoms with Crippen molar-refractivity contribution in [1.82, 2.24) is 19.9 Å². The standard InChI is InChI=1S/C14H11N5O2/c1-20-12-9(3-2-4-11(12)21-6-5-15)13-18-10-7-16-8-17-14(10)19-13/h2-4,7-8H,6H2,1H3,(H,16,17,18,19). The molecule has 2 aromatic heterocycles. The zero-order valence-electron chi connectivity index (χ0n) is 11.2. The van der Waals surface area contributed by atoms with Crippen LogP contribution in [0.15, 0.2) is 30.7 Å². The van der Waals surface area contributed by atoms with Crippen molar-refractivity contribution in [1.29, 1.82) is 5.26 Å². The summed E-state index contributed by atoms with van der Waals surface area (Å²) < 4.78 is 10.8. The van der Waals surface area contributed by atoms with Crippen molar-refractivity contribution >= 4 is 11.2 Å². The van der Waals surface area contributed by atoms with Crippen LogP contribution in [0.5, 0.6) is 11.5 Å². The van der Waals surface area contributed by atoms with Crippen LogP contribution >= 0.6 is 0 Å². The van der Waals surface area contributed by atoms with E-state index in [0.717, 1.165) is 11.1 Å². The van der Waals surface area contributed by atoms with Gasteiger partial charge < -0.3 is 14.5 Å². The molecule has 2 heterocycles. The Hall–Kier alpha value is -3.14. The molecule has 104 valence electrons. The maximum absolute atomic E-state index is 8.62. The molecule has 0 spiro atoms. The van der Waals surface area contributed by atoms with E-state index in [1.807, 2.05) is 18.2 Å². The Kier molecular flexibility index (Phi) is 3.35. The summed E-state index contributed by atoms with van der Waals surface area (Å²) in [6, 6.07) is 7.33. The minimum atomic E-state index is -0.0502. The van der Waals surface area contributed by atoms with Gasteiger partial charge in [-0.15, -0.1) is 0 Å². The first kappa shape index (κ1) is 12.9. The van der Waals surface area contributed by atoms with Gasteiger partial charge in [0.15, 0.2) is 23.8 Å². The predicted octanol–water partition coefficient (Wildman–Crippen LogP) is 1.93. The summed E-state index contributed by atoms with van der Waals surface area (Å²) in [5, 5.41) is 8.62. The number of para-hydroxylation sites is 1. The number of nitriles is 1. The third-order valence-corrected chi connectivity index (χ3v) is 2.89. The van der Waals surface area contributed by atoms with Crippen molar-refractivity contribution in [3.8, 4) is 29.0 Å². The number of ether oxygens (including phenoxy) is 2. The minimum Gasteiger partial charge on any atom is -0.492 e. The van der Waals surface area contributed by atoms with Gasteiger partial charge in [0.25, 0.3) is 0 Å². The summed E-state index contributed by atoms with van der Waals surface area (Å²) in [4.78, 5) is 15.6. The highest BCUT2D eigenvalue weighted by Gasteiger charge is 2.15. The number of hydrogen-bond donors (Lipinski definition) is 1. The maximum atomic E-state index is 8.62. The number of aromatic nitrogens is 4. The molecule has 3 aromatic rings. The molecule has 0 aliphatic carbocycles. The number of aromatic amines is 1. The Morgan fingerprint density at radius 3 is 3.05 bits per heavy atom. The normalized spacial score (nSPS) is 10.3. The Morgan fingerprint density at radius 1 is 1.38 bits per heavy atom. The number of H-pyrrole nitrogens is 1. The number of benzene rings is 1. The van der Waals surface area contributed by atoms with E-state index in [1.165, 1.54) is 6.33 Å². The minimum absolute atomic E-state index is 0.0502. The highest BCUT2D eigenvalue weighted by atomic mass is 16.5. The van der Waals surface area contributed by atoms with E-state index >= 15 is 0 Å². The molecular formula is C14H11N5O2. The molecule has 21 heavy (non-hydrogen) atoms. The molecule has 0 saturated heterocycles. The molecule has 0 atom stereocenters. The van der Waals surface area contributed by atoms with Crippen LogP contribution < -0.4 is 9.47 Å². The molecule has 3 rings (SSSR count). The quantitative estimate of drug-likeness (QED) is 0.784. The van der Waals surface area contributed by atoms with Crippen molar-refractivity contribution in [3.05, 3.63) is 30.7 Å². The van der Waals surface area contributed by atoms with Crippen molar-refractivity contribution in [2.75, 3.05) is 13.7 Å². The second-order valence-electron chi connectivity index (χ2n) is 4.13. The number of nitrogens with zero attached hydrogens (tertiary/aromatic N) is 4. The van der Waals surface area contributed by atoms with Crippen molar-refractivity contribution < 1.29 is 9.47 Å². The fraction of sp³-hybridized carbons (Fsp3) is 0.143. The summed E-state index contributed by atoms with van der Waals surface area (Å²) in [5.41, 5.74) is 2.04. The average molecular weight is 281 g/mol. The molecule has 7 heteroatoms. The Labute approximate surface area is 120 Å². The van der Waals surface area contributed by atoms with E-state index in [2.05, 4.69) is 19.9 Å².